The standard InChI is InChI=1S/C25H32N8O/c1-15-22(26)25(14-34-15)7-11-32(12-8-25)19-13-28-21-23(29-19)30-31-24(21)33-10-2-3-17-18(33)6-9-27-20(17)16-4-5-16/h6,9,13,15-16,22H,2-5,7-8,10-12,14,26H2,1H3,(H,29,30,31)/t15-,22+/m0/s1. The predicted octanol–water partition coefficient (Wildman–Crippen LogP) is 3.04. The Kier molecular flexibility index (Phi) is 4.61. The van der Waals surface area contributed by atoms with Crippen LogP contribution in [0.4, 0.5) is 17.3 Å². The van der Waals surface area contributed by atoms with Crippen LogP contribution in [0, 0.1) is 5.41 Å². The van der Waals surface area contributed by atoms with E-state index in [0.717, 1.165) is 74.7 Å². The van der Waals surface area contributed by atoms with Gasteiger partial charge in [-0.1, -0.05) is 0 Å². The Morgan fingerprint density at radius 1 is 1.18 bits per heavy atom. The Morgan fingerprint density at radius 2 is 2.03 bits per heavy atom. The summed E-state index contributed by atoms with van der Waals surface area (Å²) in [5.41, 5.74) is 12.1. The van der Waals surface area contributed by atoms with E-state index < -0.39 is 0 Å². The van der Waals surface area contributed by atoms with Crippen LogP contribution < -0.4 is 15.5 Å². The number of aromatic nitrogens is 5. The van der Waals surface area contributed by atoms with Crippen molar-refractivity contribution in [3.63, 3.8) is 0 Å². The van der Waals surface area contributed by atoms with Crippen LogP contribution in [0.2, 0.25) is 0 Å². The van der Waals surface area contributed by atoms with E-state index in [2.05, 4.69) is 33.0 Å². The number of nitrogens with zero attached hydrogens (tertiary/aromatic N) is 6. The second kappa shape index (κ2) is 7.61. The topological polar surface area (TPSA) is 109 Å². The molecular weight excluding hydrogens is 428 g/mol. The molecule has 0 aromatic carbocycles. The minimum Gasteiger partial charge on any atom is -0.376 e. The van der Waals surface area contributed by atoms with Gasteiger partial charge in [0.25, 0.3) is 0 Å². The van der Waals surface area contributed by atoms with Crippen LogP contribution in [0.5, 0.6) is 0 Å². The van der Waals surface area contributed by atoms with Gasteiger partial charge in [0.1, 0.15) is 5.82 Å². The van der Waals surface area contributed by atoms with Gasteiger partial charge < -0.3 is 20.3 Å². The third-order valence-corrected chi connectivity index (χ3v) is 8.55. The first-order valence-corrected chi connectivity index (χ1v) is 12.7. The van der Waals surface area contributed by atoms with Crippen LogP contribution in [0.25, 0.3) is 11.2 Å². The maximum atomic E-state index is 6.49. The van der Waals surface area contributed by atoms with Crippen molar-refractivity contribution in [3.8, 4) is 0 Å². The average Bonchev–Trinajstić information content (AvgIpc) is 3.59. The van der Waals surface area contributed by atoms with Gasteiger partial charge in [0.15, 0.2) is 17.0 Å². The van der Waals surface area contributed by atoms with Crippen molar-refractivity contribution in [3.05, 3.63) is 29.7 Å². The van der Waals surface area contributed by atoms with Crippen molar-refractivity contribution in [1.29, 1.82) is 0 Å². The molecule has 3 N–H and O–H groups in total. The normalized spacial score (nSPS) is 26.4. The van der Waals surface area contributed by atoms with E-state index in [4.69, 9.17) is 25.4 Å². The maximum Gasteiger partial charge on any atom is 0.183 e. The third kappa shape index (κ3) is 3.13. The molecule has 34 heavy (non-hydrogen) atoms. The van der Waals surface area contributed by atoms with Crippen molar-refractivity contribution in [2.24, 2.45) is 11.1 Å². The Bertz CT molecular complexity index is 1230. The lowest BCUT2D eigenvalue weighted by Gasteiger charge is -2.41. The summed E-state index contributed by atoms with van der Waals surface area (Å²) in [6, 6.07) is 2.24. The molecule has 7 rings (SSSR count). The molecule has 3 aromatic heterocycles. The van der Waals surface area contributed by atoms with Gasteiger partial charge in [-0.15, -0.1) is 0 Å². The highest BCUT2D eigenvalue weighted by Crippen LogP contribution is 2.45. The molecule has 1 saturated carbocycles. The summed E-state index contributed by atoms with van der Waals surface area (Å²) in [6.45, 7) is 5.63. The quantitative estimate of drug-likeness (QED) is 0.614. The molecule has 178 valence electrons. The first-order chi connectivity index (χ1) is 16.6. The van der Waals surface area contributed by atoms with Gasteiger partial charge in [0.05, 0.1) is 18.9 Å². The number of H-pyrrole nitrogens is 1. The number of pyridine rings is 1. The Morgan fingerprint density at radius 3 is 2.79 bits per heavy atom. The van der Waals surface area contributed by atoms with Gasteiger partial charge in [-0.2, -0.15) is 5.10 Å². The van der Waals surface area contributed by atoms with Crippen LogP contribution in [0.15, 0.2) is 18.5 Å². The lowest BCUT2D eigenvalue weighted by molar-refractivity contribution is 0.0974. The molecule has 0 amide bonds. The van der Waals surface area contributed by atoms with Gasteiger partial charge >= 0.3 is 0 Å². The monoisotopic (exact) mass is 460 g/mol. The number of rotatable bonds is 3. The van der Waals surface area contributed by atoms with Gasteiger partial charge in [-0.05, 0) is 57.1 Å². The highest BCUT2D eigenvalue weighted by molar-refractivity contribution is 5.87. The minimum atomic E-state index is 0.102. The summed E-state index contributed by atoms with van der Waals surface area (Å²) in [6.07, 6.45) is 10.8. The van der Waals surface area contributed by atoms with Crippen molar-refractivity contribution in [2.75, 3.05) is 36.0 Å². The average molecular weight is 461 g/mol. The van der Waals surface area contributed by atoms with Gasteiger partial charge in [0.2, 0.25) is 0 Å². The molecule has 0 bridgehead atoms. The largest absolute Gasteiger partial charge is 0.376 e. The summed E-state index contributed by atoms with van der Waals surface area (Å²) in [7, 11) is 0. The van der Waals surface area contributed by atoms with Crippen molar-refractivity contribution < 1.29 is 4.74 Å². The molecule has 4 aliphatic rings. The fourth-order valence-corrected chi connectivity index (χ4v) is 6.24. The number of nitrogens with two attached hydrogens (primary N) is 1. The summed E-state index contributed by atoms with van der Waals surface area (Å²) < 4.78 is 5.87. The molecule has 6 heterocycles. The van der Waals surface area contributed by atoms with Crippen LogP contribution >= 0.6 is 0 Å². The Labute approximate surface area is 199 Å². The molecular formula is C25H32N8O. The zero-order valence-corrected chi connectivity index (χ0v) is 19.7. The molecule has 1 aliphatic carbocycles. The minimum absolute atomic E-state index is 0.102. The second-order valence-electron chi connectivity index (χ2n) is 10.6. The third-order valence-electron chi connectivity index (χ3n) is 8.55. The first kappa shape index (κ1) is 20.6. The number of hydrogen-bond acceptors (Lipinski definition) is 8. The molecule has 2 atom stereocenters. The van der Waals surface area contributed by atoms with Crippen molar-refractivity contribution in [2.45, 2.75) is 63.5 Å². The van der Waals surface area contributed by atoms with E-state index >= 15 is 0 Å². The van der Waals surface area contributed by atoms with Crippen LogP contribution in [-0.2, 0) is 11.2 Å². The molecule has 0 unspecified atom stereocenters. The second-order valence-corrected chi connectivity index (χ2v) is 10.6. The van der Waals surface area contributed by atoms with E-state index in [1.54, 1.807) is 0 Å². The number of hydrogen-bond donors (Lipinski definition) is 2. The lowest BCUT2D eigenvalue weighted by Crippen LogP contribution is -2.50. The smallest absolute Gasteiger partial charge is 0.183 e. The van der Waals surface area contributed by atoms with Gasteiger partial charge in [-0.25, -0.2) is 9.97 Å². The number of piperidine rings is 1. The van der Waals surface area contributed by atoms with E-state index in [-0.39, 0.29) is 17.6 Å². The molecule has 1 spiro atoms. The highest BCUT2D eigenvalue weighted by atomic mass is 16.5. The molecule has 3 aliphatic heterocycles. The molecule has 3 aromatic rings. The molecule has 9 heteroatoms. The number of anilines is 3. The van der Waals surface area contributed by atoms with Crippen molar-refractivity contribution in [1.82, 2.24) is 25.1 Å². The van der Waals surface area contributed by atoms with Gasteiger partial charge in [-0.3, -0.25) is 10.1 Å². The van der Waals surface area contributed by atoms with Crippen LogP contribution in [0.1, 0.15) is 56.2 Å². The summed E-state index contributed by atoms with van der Waals surface area (Å²) in [5.74, 6) is 2.41. The Balaban J connectivity index is 1.15. The highest BCUT2D eigenvalue weighted by Gasteiger charge is 2.47. The van der Waals surface area contributed by atoms with Crippen molar-refractivity contribution >= 4 is 28.5 Å². The summed E-state index contributed by atoms with van der Waals surface area (Å²) in [4.78, 5) is 19.1. The fourth-order valence-electron chi connectivity index (χ4n) is 6.24. The zero-order chi connectivity index (χ0) is 22.9. The fraction of sp³-hybridized carbons (Fsp3) is 0.600. The molecule has 2 saturated heterocycles. The summed E-state index contributed by atoms with van der Waals surface area (Å²) in [5, 5.41) is 7.83. The van der Waals surface area contributed by atoms with E-state index in [1.807, 2.05) is 12.4 Å². The summed E-state index contributed by atoms with van der Waals surface area (Å²) >= 11 is 0. The van der Waals surface area contributed by atoms with Gasteiger partial charge in [0, 0.05) is 54.6 Å². The Hall–Kier alpha value is -2.78. The SMILES string of the molecule is C[C@@H]1OCC2(CCN(c3cnc4c(N5CCCc6c5ccnc6C5CC5)n[nH]c4n3)CC2)[C@@H]1N. The molecule has 9 nitrogen and oxygen atoms in total. The molecule has 3 fully saturated rings. The number of nitrogens with one attached hydrogen (secondary N) is 1. The maximum absolute atomic E-state index is 6.49. The zero-order valence-electron chi connectivity index (χ0n) is 19.7. The van der Waals surface area contributed by atoms with E-state index in [9.17, 15) is 0 Å². The van der Waals surface area contributed by atoms with E-state index in [0.29, 0.717) is 5.92 Å². The number of aromatic amines is 1. The lowest BCUT2D eigenvalue weighted by atomic mass is 9.73. The number of fused-ring (bicyclic) bond motifs is 2. The first-order valence-electron chi connectivity index (χ1n) is 12.7. The van der Waals surface area contributed by atoms with Crippen LogP contribution in [-0.4, -0.2) is 63.5 Å². The van der Waals surface area contributed by atoms with Crippen LogP contribution in [0.3, 0.4) is 0 Å². The predicted molar refractivity (Wildman–Crippen MR) is 130 cm³/mol. The van der Waals surface area contributed by atoms with E-state index in [1.165, 1.54) is 29.8 Å². The number of ether oxygens (including phenoxy) is 1. The molecule has 0 radical (unpaired) electrons.